The molecule has 0 saturated heterocycles. The molecule has 0 bridgehead atoms. The second kappa shape index (κ2) is 6.45. The minimum Gasteiger partial charge on any atom is -0.467 e. The van der Waals surface area contributed by atoms with Crippen LogP contribution in [-0.2, 0) is 11.2 Å². The van der Waals surface area contributed by atoms with Crippen LogP contribution in [-0.4, -0.2) is 19.4 Å². The van der Waals surface area contributed by atoms with Gasteiger partial charge in [-0.05, 0) is 38.0 Å². The fourth-order valence-corrected chi connectivity index (χ4v) is 1.39. The zero-order chi connectivity index (χ0) is 12.0. The molecule has 1 unspecified atom stereocenters. The Morgan fingerprint density at radius 3 is 2.75 bits per heavy atom. The van der Waals surface area contributed by atoms with Gasteiger partial charge >= 0.3 is 0 Å². The summed E-state index contributed by atoms with van der Waals surface area (Å²) in [6.07, 6.45) is 0.628. The Morgan fingerprint density at radius 1 is 1.38 bits per heavy atom. The van der Waals surface area contributed by atoms with E-state index in [0.29, 0.717) is 18.8 Å². The lowest BCUT2D eigenvalue weighted by Gasteiger charge is -2.09. The predicted molar refractivity (Wildman–Crippen MR) is 60.9 cm³/mol. The van der Waals surface area contributed by atoms with Crippen molar-refractivity contribution >= 4 is 0 Å². The molecule has 0 spiro atoms. The second-order valence-corrected chi connectivity index (χ2v) is 3.73. The van der Waals surface area contributed by atoms with E-state index in [4.69, 9.17) is 15.2 Å². The molecule has 2 N–H and O–H groups in total. The number of nitrogens with two attached hydrogens (primary N) is 1. The fourth-order valence-electron chi connectivity index (χ4n) is 1.39. The van der Waals surface area contributed by atoms with Gasteiger partial charge in [-0.3, -0.25) is 0 Å². The maximum absolute atomic E-state index is 13.2. The second-order valence-electron chi connectivity index (χ2n) is 3.73. The minimum atomic E-state index is -0.315. The third kappa shape index (κ3) is 4.59. The summed E-state index contributed by atoms with van der Waals surface area (Å²) >= 11 is 0. The van der Waals surface area contributed by atoms with Crippen LogP contribution in [0.3, 0.4) is 0 Å². The first-order valence-electron chi connectivity index (χ1n) is 5.37. The molecule has 0 heterocycles. The first kappa shape index (κ1) is 12.9. The monoisotopic (exact) mass is 227 g/mol. The van der Waals surface area contributed by atoms with Crippen LogP contribution in [0.5, 0.6) is 5.75 Å². The molecule has 0 fully saturated rings. The van der Waals surface area contributed by atoms with E-state index in [-0.39, 0.29) is 18.7 Å². The molecule has 3 nitrogen and oxygen atoms in total. The topological polar surface area (TPSA) is 44.5 Å². The Kier molecular flexibility index (Phi) is 5.22. The van der Waals surface area contributed by atoms with E-state index < -0.39 is 0 Å². The van der Waals surface area contributed by atoms with E-state index in [0.717, 1.165) is 5.56 Å². The maximum atomic E-state index is 13.2. The lowest BCUT2D eigenvalue weighted by Crippen LogP contribution is -2.17. The summed E-state index contributed by atoms with van der Waals surface area (Å²) in [7, 11) is 0. The molecule has 0 saturated carbocycles. The van der Waals surface area contributed by atoms with Crippen molar-refractivity contribution in [3.8, 4) is 5.75 Å². The summed E-state index contributed by atoms with van der Waals surface area (Å²) in [6.45, 7) is 4.46. The molecule has 0 aliphatic rings. The molecular formula is C12H18FNO2. The van der Waals surface area contributed by atoms with Gasteiger partial charge in [-0.2, -0.15) is 0 Å². The number of rotatable bonds is 6. The lowest BCUT2D eigenvalue weighted by atomic mass is 10.1. The van der Waals surface area contributed by atoms with Crippen molar-refractivity contribution in [1.82, 2.24) is 0 Å². The number of ether oxygens (including phenoxy) is 2. The summed E-state index contributed by atoms with van der Waals surface area (Å²) in [4.78, 5) is 0. The molecule has 0 aromatic heterocycles. The van der Waals surface area contributed by atoms with E-state index in [1.807, 2.05) is 13.8 Å². The highest BCUT2D eigenvalue weighted by atomic mass is 19.1. The van der Waals surface area contributed by atoms with Crippen molar-refractivity contribution in [2.45, 2.75) is 26.3 Å². The molecule has 1 rings (SSSR count). The van der Waals surface area contributed by atoms with Gasteiger partial charge in [0.05, 0.1) is 0 Å². The van der Waals surface area contributed by atoms with Crippen molar-refractivity contribution in [3.63, 3.8) is 0 Å². The lowest BCUT2D eigenvalue weighted by molar-refractivity contribution is 0.0222. The standard InChI is InChI=1S/C12H18FNO2/c1-3-15-8-16-12-6-10(4-9(2)14)5-11(13)7-12/h5-7,9H,3-4,8,14H2,1-2H3. The van der Waals surface area contributed by atoms with E-state index in [1.165, 1.54) is 12.1 Å². The van der Waals surface area contributed by atoms with Crippen molar-refractivity contribution in [3.05, 3.63) is 29.6 Å². The van der Waals surface area contributed by atoms with Gasteiger partial charge in [-0.25, -0.2) is 4.39 Å². The Balaban J connectivity index is 2.65. The molecule has 1 aromatic carbocycles. The van der Waals surface area contributed by atoms with Crippen molar-refractivity contribution in [2.24, 2.45) is 5.73 Å². The number of halogens is 1. The highest BCUT2D eigenvalue weighted by Crippen LogP contribution is 2.17. The molecular weight excluding hydrogens is 209 g/mol. The Hall–Kier alpha value is -1.13. The molecule has 4 heteroatoms. The van der Waals surface area contributed by atoms with Gasteiger partial charge in [0.1, 0.15) is 11.6 Å². The van der Waals surface area contributed by atoms with E-state index >= 15 is 0 Å². The number of hydrogen-bond donors (Lipinski definition) is 1. The summed E-state index contributed by atoms with van der Waals surface area (Å²) in [5.41, 5.74) is 6.49. The normalized spacial score (nSPS) is 12.5. The van der Waals surface area contributed by atoms with Crippen molar-refractivity contribution < 1.29 is 13.9 Å². The first-order chi connectivity index (χ1) is 7.61. The largest absolute Gasteiger partial charge is 0.467 e. The quantitative estimate of drug-likeness (QED) is 0.598. The summed E-state index contributed by atoms with van der Waals surface area (Å²) in [5, 5.41) is 0. The molecule has 0 radical (unpaired) electrons. The third-order valence-corrected chi connectivity index (χ3v) is 2.00. The smallest absolute Gasteiger partial charge is 0.189 e. The average Bonchev–Trinajstić information content (AvgIpc) is 2.16. The van der Waals surface area contributed by atoms with E-state index in [1.54, 1.807) is 6.07 Å². The van der Waals surface area contributed by atoms with Crippen molar-refractivity contribution in [2.75, 3.05) is 13.4 Å². The molecule has 0 amide bonds. The molecule has 1 atom stereocenters. The van der Waals surface area contributed by atoms with Gasteiger partial charge in [-0.15, -0.1) is 0 Å². The molecule has 1 aromatic rings. The van der Waals surface area contributed by atoms with Crippen LogP contribution in [0.25, 0.3) is 0 Å². The Bertz CT molecular complexity index is 329. The Labute approximate surface area is 95.4 Å². The number of benzene rings is 1. The molecule has 0 aliphatic carbocycles. The average molecular weight is 227 g/mol. The van der Waals surface area contributed by atoms with Crippen LogP contribution in [0.2, 0.25) is 0 Å². The Morgan fingerprint density at radius 2 is 2.12 bits per heavy atom. The van der Waals surface area contributed by atoms with Gasteiger partial charge in [0.15, 0.2) is 6.79 Å². The molecule has 90 valence electrons. The third-order valence-electron chi connectivity index (χ3n) is 2.00. The van der Waals surface area contributed by atoms with Crippen molar-refractivity contribution in [1.29, 1.82) is 0 Å². The molecule has 16 heavy (non-hydrogen) atoms. The van der Waals surface area contributed by atoms with Gasteiger partial charge in [0, 0.05) is 18.7 Å². The van der Waals surface area contributed by atoms with Gasteiger partial charge in [0.2, 0.25) is 0 Å². The van der Waals surface area contributed by atoms with Crippen LogP contribution in [0.15, 0.2) is 18.2 Å². The van der Waals surface area contributed by atoms with Gasteiger partial charge in [-0.1, -0.05) is 0 Å². The van der Waals surface area contributed by atoms with E-state index in [9.17, 15) is 4.39 Å². The molecule has 0 aliphatic heterocycles. The zero-order valence-electron chi connectivity index (χ0n) is 9.70. The SMILES string of the molecule is CCOCOc1cc(F)cc(CC(C)N)c1. The van der Waals surface area contributed by atoms with Crippen LogP contribution in [0.4, 0.5) is 4.39 Å². The highest BCUT2D eigenvalue weighted by molar-refractivity contribution is 5.30. The zero-order valence-corrected chi connectivity index (χ0v) is 9.70. The van der Waals surface area contributed by atoms with Crippen LogP contribution in [0, 0.1) is 5.82 Å². The minimum absolute atomic E-state index is 0.00143. The predicted octanol–water partition coefficient (Wildman–Crippen LogP) is 2.09. The maximum Gasteiger partial charge on any atom is 0.189 e. The summed E-state index contributed by atoms with van der Waals surface area (Å²) < 4.78 is 23.5. The van der Waals surface area contributed by atoms with Gasteiger partial charge < -0.3 is 15.2 Å². The van der Waals surface area contributed by atoms with Crippen LogP contribution < -0.4 is 10.5 Å². The fraction of sp³-hybridized carbons (Fsp3) is 0.500. The summed E-state index contributed by atoms with van der Waals surface area (Å²) in [6, 6.07) is 4.59. The van der Waals surface area contributed by atoms with Gasteiger partial charge in [0.25, 0.3) is 0 Å². The van der Waals surface area contributed by atoms with Crippen LogP contribution >= 0.6 is 0 Å². The number of hydrogen-bond acceptors (Lipinski definition) is 3. The van der Waals surface area contributed by atoms with E-state index in [2.05, 4.69) is 0 Å². The summed E-state index contributed by atoms with van der Waals surface area (Å²) in [5.74, 6) is 0.161. The highest BCUT2D eigenvalue weighted by Gasteiger charge is 2.04. The first-order valence-corrected chi connectivity index (χ1v) is 5.37. The van der Waals surface area contributed by atoms with Crippen LogP contribution in [0.1, 0.15) is 19.4 Å².